The Hall–Kier alpha value is -1.51. The number of rotatable bonds is 4. The minimum absolute atomic E-state index is 0.00148. The lowest BCUT2D eigenvalue weighted by Crippen LogP contribution is -2.23. The first kappa shape index (κ1) is 13.6. The van der Waals surface area contributed by atoms with E-state index < -0.39 is 0 Å². The van der Waals surface area contributed by atoms with E-state index in [1.165, 1.54) is 10.5 Å². The summed E-state index contributed by atoms with van der Waals surface area (Å²) in [6, 6.07) is 5.54. The molecule has 1 unspecified atom stereocenters. The number of hydrogen-bond acceptors (Lipinski definition) is 2. The Kier molecular flexibility index (Phi) is 4.55. The second-order valence-corrected chi connectivity index (χ2v) is 4.66. The van der Waals surface area contributed by atoms with Gasteiger partial charge in [0.25, 0.3) is 0 Å². The van der Waals surface area contributed by atoms with E-state index in [9.17, 15) is 9.90 Å². The summed E-state index contributed by atoms with van der Waals surface area (Å²) in [6.45, 7) is 4.27. The molecule has 0 saturated heterocycles. The number of benzene rings is 1. The average molecular weight is 235 g/mol. The van der Waals surface area contributed by atoms with Gasteiger partial charge in [0.2, 0.25) is 5.91 Å². The summed E-state index contributed by atoms with van der Waals surface area (Å²) in [5.74, 6) is 0.651. The van der Waals surface area contributed by atoms with E-state index in [1.807, 2.05) is 12.1 Å². The molecule has 0 aliphatic rings. The van der Waals surface area contributed by atoms with Crippen LogP contribution in [-0.4, -0.2) is 30.0 Å². The Morgan fingerprint density at radius 1 is 1.41 bits per heavy atom. The molecule has 1 N–H and O–H groups in total. The highest BCUT2D eigenvalue weighted by Crippen LogP contribution is 2.25. The zero-order valence-electron chi connectivity index (χ0n) is 11.0. The number of nitrogens with zero attached hydrogens (tertiary/aromatic N) is 1. The highest BCUT2D eigenvalue weighted by molar-refractivity contribution is 5.79. The summed E-state index contributed by atoms with van der Waals surface area (Å²) in [6.07, 6.45) is 1.30. The fraction of sp³-hybridized carbons (Fsp3) is 0.500. The van der Waals surface area contributed by atoms with E-state index in [-0.39, 0.29) is 18.1 Å². The quantitative estimate of drug-likeness (QED) is 0.871. The van der Waals surface area contributed by atoms with Crippen LogP contribution in [-0.2, 0) is 11.2 Å². The monoisotopic (exact) mass is 235 g/mol. The van der Waals surface area contributed by atoms with Crippen molar-refractivity contribution >= 4 is 5.91 Å². The molecular formula is C14H21NO2. The molecule has 0 fully saturated rings. The Morgan fingerprint density at radius 3 is 2.59 bits per heavy atom. The Morgan fingerprint density at radius 2 is 2.06 bits per heavy atom. The van der Waals surface area contributed by atoms with Crippen LogP contribution >= 0.6 is 0 Å². The number of carbonyl (C=O) groups is 1. The third-order valence-corrected chi connectivity index (χ3v) is 3.13. The first-order valence-electron chi connectivity index (χ1n) is 5.97. The van der Waals surface area contributed by atoms with Gasteiger partial charge in [-0.2, -0.15) is 0 Å². The molecule has 0 aromatic heterocycles. The molecule has 17 heavy (non-hydrogen) atoms. The molecule has 1 atom stereocenters. The highest BCUT2D eigenvalue weighted by atomic mass is 16.3. The van der Waals surface area contributed by atoms with Gasteiger partial charge in [0.15, 0.2) is 0 Å². The van der Waals surface area contributed by atoms with Crippen molar-refractivity contribution < 1.29 is 9.90 Å². The van der Waals surface area contributed by atoms with Gasteiger partial charge in [-0.3, -0.25) is 4.79 Å². The summed E-state index contributed by atoms with van der Waals surface area (Å²) in [4.78, 5) is 13.2. The van der Waals surface area contributed by atoms with Gasteiger partial charge in [-0.1, -0.05) is 26.0 Å². The molecule has 0 saturated carbocycles. The topological polar surface area (TPSA) is 40.5 Å². The maximum atomic E-state index is 11.6. The summed E-state index contributed by atoms with van der Waals surface area (Å²) >= 11 is 0. The lowest BCUT2D eigenvalue weighted by Gasteiger charge is -2.14. The van der Waals surface area contributed by atoms with Crippen LogP contribution < -0.4 is 0 Å². The zero-order chi connectivity index (χ0) is 13.0. The number of carbonyl (C=O) groups excluding carboxylic acids is 1. The van der Waals surface area contributed by atoms with E-state index in [0.29, 0.717) is 11.5 Å². The summed E-state index contributed by atoms with van der Waals surface area (Å²) in [5.41, 5.74) is 1.88. The number of aromatic hydroxyl groups is 1. The normalized spacial score (nSPS) is 12.2. The standard InChI is InChI=1S/C14H21NO2/c1-5-10(2)11-6-7-13(16)12(8-11)9-14(17)15(3)4/h6-8,10,16H,5,9H2,1-4H3. The van der Waals surface area contributed by atoms with Crippen molar-refractivity contribution in [3.63, 3.8) is 0 Å². The SMILES string of the molecule is CCC(C)c1ccc(O)c(CC(=O)N(C)C)c1. The largest absolute Gasteiger partial charge is 0.508 e. The third kappa shape index (κ3) is 3.48. The lowest BCUT2D eigenvalue weighted by molar-refractivity contribution is -0.127. The molecule has 0 heterocycles. The van der Waals surface area contributed by atoms with Crippen LogP contribution in [0.3, 0.4) is 0 Å². The predicted molar refractivity (Wildman–Crippen MR) is 69.2 cm³/mol. The Labute approximate surface area is 103 Å². The molecule has 1 aromatic carbocycles. The van der Waals surface area contributed by atoms with Gasteiger partial charge < -0.3 is 10.0 Å². The molecule has 0 aliphatic carbocycles. The van der Waals surface area contributed by atoms with Gasteiger partial charge in [0, 0.05) is 19.7 Å². The van der Waals surface area contributed by atoms with Gasteiger partial charge in [0.1, 0.15) is 5.75 Å². The minimum atomic E-state index is 0.00148. The van der Waals surface area contributed by atoms with Crippen molar-refractivity contribution in [2.75, 3.05) is 14.1 Å². The van der Waals surface area contributed by atoms with Crippen molar-refractivity contribution in [1.29, 1.82) is 0 Å². The minimum Gasteiger partial charge on any atom is -0.508 e. The molecule has 0 spiro atoms. The third-order valence-electron chi connectivity index (χ3n) is 3.13. The molecule has 94 valence electrons. The molecule has 0 radical (unpaired) electrons. The first-order valence-corrected chi connectivity index (χ1v) is 5.97. The molecule has 1 rings (SSSR count). The highest BCUT2D eigenvalue weighted by Gasteiger charge is 2.12. The molecular weight excluding hydrogens is 214 g/mol. The van der Waals surface area contributed by atoms with E-state index >= 15 is 0 Å². The summed E-state index contributed by atoms with van der Waals surface area (Å²) < 4.78 is 0. The number of hydrogen-bond donors (Lipinski definition) is 1. The number of likely N-dealkylation sites (N-methyl/N-ethyl adjacent to an activating group) is 1. The van der Waals surface area contributed by atoms with E-state index in [0.717, 1.165) is 6.42 Å². The van der Waals surface area contributed by atoms with Crippen molar-refractivity contribution in [2.45, 2.75) is 32.6 Å². The van der Waals surface area contributed by atoms with Gasteiger partial charge >= 0.3 is 0 Å². The second kappa shape index (κ2) is 5.71. The van der Waals surface area contributed by atoms with E-state index in [2.05, 4.69) is 13.8 Å². The molecule has 0 aliphatic heterocycles. The summed E-state index contributed by atoms with van der Waals surface area (Å²) in [5, 5.41) is 9.75. The predicted octanol–water partition coefficient (Wildman–Crippen LogP) is 2.54. The maximum Gasteiger partial charge on any atom is 0.226 e. The van der Waals surface area contributed by atoms with Gasteiger partial charge in [-0.05, 0) is 24.0 Å². The van der Waals surface area contributed by atoms with Crippen LogP contribution in [0.25, 0.3) is 0 Å². The van der Waals surface area contributed by atoms with E-state index in [1.54, 1.807) is 20.2 Å². The van der Waals surface area contributed by atoms with Crippen LogP contribution in [0, 0.1) is 0 Å². The van der Waals surface area contributed by atoms with Crippen LogP contribution in [0.5, 0.6) is 5.75 Å². The Balaban J connectivity index is 2.94. The van der Waals surface area contributed by atoms with Crippen molar-refractivity contribution in [2.24, 2.45) is 0 Å². The number of amides is 1. The fourth-order valence-corrected chi connectivity index (χ4v) is 1.61. The number of phenols is 1. The molecule has 0 bridgehead atoms. The summed E-state index contributed by atoms with van der Waals surface area (Å²) in [7, 11) is 3.44. The molecule has 3 heteroatoms. The van der Waals surface area contributed by atoms with Gasteiger partial charge in [0.05, 0.1) is 6.42 Å². The number of phenolic OH excluding ortho intramolecular Hbond substituents is 1. The van der Waals surface area contributed by atoms with Gasteiger partial charge in [-0.15, -0.1) is 0 Å². The van der Waals surface area contributed by atoms with Crippen molar-refractivity contribution in [3.05, 3.63) is 29.3 Å². The van der Waals surface area contributed by atoms with E-state index in [4.69, 9.17) is 0 Å². The van der Waals surface area contributed by atoms with Gasteiger partial charge in [-0.25, -0.2) is 0 Å². The second-order valence-electron chi connectivity index (χ2n) is 4.66. The Bertz CT molecular complexity index is 399. The van der Waals surface area contributed by atoms with Crippen LogP contribution in [0.1, 0.15) is 37.3 Å². The van der Waals surface area contributed by atoms with Crippen LogP contribution in [0.4, 0.5) is 0 Å². The fourth-order valence-electron chi connectivity index (χ4n) is 1.61. The first-order chi connectivity index (χ1) is 7.95. The lowest BCUT2D eigenvalue weighted by atomic mass is 9.95. The molecule has 3 nitrogen and oxygen atoms in total. The zero-order valence-corrected chi connectivity index (χ0v) is 11.0. The maximum absolute atomic E-state index is 11.6. The molecule has 1 amide bonds. The van der Waals surface area contributed by atoms with Crippen LogP contribution in [0.2, 0.25) is 0 Å². The average Bonchev–Trinajstić information content (AvgIpc) is 2.30. The van der Waals surface area contributed by atoms with Crippen molar-refractivity contribution in [3.8, 4) is 5.75 Å². The molecule has 1 aromatic rings. The smallest absolute Gasteiger partial charge is 0.226 e. The van der Waals surface area contributed by atoms with Crippen molar-refractivity contribution in [1.82, 2.24) is 4.90 Å². The van der Waals surface area contributed by atoms with Crippen LogP contribution in [0.15, 0.2) is 18.2 Å².